The van der Waals surface area contributed by atoms with Crippen LogP contribution in [-0.4, -0.2) is 37.7 Å². The van der Waals surface area contributed by atoms with Crippen LogP contribution in [0.1, 0.15) is 26.3 Å². The lowest BCUT2D eigenvalue weighted by Gasteiger charge is -2.17. The fourth-order valence-corrected chi connectivity index (χ4v) is 1.98. The third-order valence-corrected chi connectivity index (χ3v) is 3.24. The molecule has 0 aromatic heterocycles. The zero-order valence-electron chi connectivity index (χ0n) is 13.6. The maximum atomic E-state index is 5.75. The van der Waals surface area contributed by atoms with Gasteiger partial charge in [0.25, 0.3) is 0 Å². The van der Waals surface area contributed by atoms with Crippen molar-refractivity contribution < 1.29 is 4.74 Å². The van der Waals surface area contributed by atoms with Gasteiger partial charge < -0.3 is 10.1 Å². The molecule has 3 nitrogen and oxygen atoms in total. The van der Waals surface area contributed by atoms with Crippen LogP contribution in [0.3, 0.4) is 0 Å². The minimum absolute atomic E-state index is 0.667. The van der Waals surface area contributed by atoms with Gasteiger partial charge in [-0.05, 0) is 36.7 Å². The Bertz CT molecular complexity index is 420. The van der Waals surface area contributed by atoms with E-state index in [1.54, 1.807) is 0 Å². The summed E-state index contributed by atoms with van der Waals surface area (Å²) < 4.78 is 5.75. The molecule has 0 unspecified atom stereocenters. The summed E-state index contributed by atoms with van der Waals surface area (Å²) in [7, 11) is 0. The lowest BCUT2D eigenvalue weighted by Crippen LogP contribution is -2.28. The van der Waals surface area contributed by atoms with Crippen molar-refractivity contribution >= 4 is 0 Å². The van der Waals surface area contributed by atoms with Crippen molar-refractivity contribution in [1.82, 2.24) is 10.2 Å². The van der Waals surface area contributed by atoms with E-state index in [1.807, 2.05) is 12.1 Å². The Hall–Kier alpha value is -1.50. The molecule has 0 spiro atoms. The minimum Gasteiger partial charge on any atom is -0.492 e. The van der Waals surface area contributed by atoms with E-state index in [-0.39, 0.29) is 0 Å². The van der Waals surface area contributed by atoms with Crippen molar-refractivity contribution in [2.45, 2.75) is 27.3 Å². The number of nitrogens with zero attached hydrogens (tertiary/aromatic N) is 1. The minimum atomic E-state index is 0.667. The van der Waals surface area contributed by atoms with Crippen LogP contribution in [0.15, 0.2) is 24.3 Å². The number of likely N-dealkylation sites (N-methyl/N-ethyl adjacent to an activating group) is 1. The standard InChI is InChI=1S/C18H28N2O/c1-5-11-20(6-2)12-13-21-18-9-7-17(8-10-18)15-19-14-16(3)4/h1,7-10,16,19H,6,11-15H2,2-4H3. The molecular weight excluding hydrogens is 260 g/mol. The fourth-order valence-electron chi connectivity index (χ4n) is 1.98. The Morgan fingerprint density at radius 3 is 2.57 bits per heavy atom. The van der Waals surface area contributed by atoms with E-state index in [0.29, 0.717) is 19.1 Å². The summed E-state index contributed by atoms with van der Waals surface area (Å²) in [5.74, 6) is 4.26. The summed E-state index contributed by atoms with van der Waals surface area (Å²) in [5.41, 5.74) is 1.28. The van der Waals surface area contributed by atoms with Gasteiger partial charge in [-0.1, -0.05) is 38.8 Å². The average Bonchev–Trinajstić information content (AvgIpc) is 2.47. The van der Waals surface area contributed by atoms with Crippen molar-refractivity contribution in [3.05, 3.63) is 29.8 Å². The Balaban J connectivity index is 2.29. The van der Waals surface area contributed by atoms with Crippen LogP contribution in [0.4, 0.5) is 0 Å². The number of hydrogen-bond acceptors (Lipinski definition) is 3. The van der Waals surface area contributed by atoms with Gasteiger partial charge in [-0.25, -0.2) is 0 Å². The van der Waals surface area contributed by atoms with Crippen LogP contribution < -0.4 is 10.1 Å². The summed E-state index contributed by atoms with van der Waals surface area (Å²) in [6, 6.07) is 8.29. The van der Waals surface area contributed by atoms with Gasteiger partial charge in [0.2, 0.25) is 0 Å². The maximum Gasteiger partial charge on any atom is 0.119 e. The van der Waals surface area contributed by atoms with Crippen molar-refractivity contribution in [2.24, 2.45) is 5.92 Å². The molecule has 0 aliphatic carbocycles. The van der Waals surface area contributed by atoms with Crippen molar-refractivity contribution in [1.29, 1.82) is 0 Å². The van der Waals surface area contributed by atoms with Gasteiger partial charge >= 0.3 is 0 Å². The van der Waals surface area contributed by atoms with Crippen molar-refractivity contribution in [3.8, 4) is 18.1 Å². The SMILES string of the molecule is C#CCN(CC)CCOc1ccc(CNCC(C)C)cc1. The molecule has 0 saturated heterocycles. The van der Waals surface area contributed by atoms with Gasteiger partial charge in [0.1, 0.15) is 12.4 Å². The lowest BCUT2D eigenvalue weighted by molar-refractivity contribution is 0.231. The lowest BCUT2D eigenvalue weighted by atomic mass is 10.2. The van der Waals surface area contributed by atoms with Gasteiger partial charge in [0.15, 0.2) is 0 Å². The van der Waals surface area contributed by atoms with Gasteiger partial charge in [-0.15, -0.1) is 6.42 Å². The van der Waals surface area contributed by atoms with Crippen LogP contribution in [-0.2, 0) is 6.54 Å². The number of nitrogens with one attached hydrogen (secondary N) is 1. The first-order valence-corrected chi connectivity index (χ1v) is 7.74. The normalized spacial score (nSPS) is 10.9. The fraction of sp³-hybridized carbons (Fsp3) is 0.556. The molecule has 1 aromatic rings. The molecule has 1 rings (SSSR count). The van der Waals surface area contributed by atoms with Crippen LogP contribution >= 0.6 is 0 Å². The van der Waals surface area contributed by atoms with Crippen LogP contribution in [0.25, 0.3) is 0 Å². The second kappa shape index (κ2) is 10.3. The summed E-state index contributed by atoms with van der Waals surface area (Å²) in [5, 5.41) is 3.43. The highest BCUT2D eigenvalue weighted by Gasteiger charge is 2.01. The molecular formula is C18H28N2O. The van der Waals surface area contributed by atoms with Gasteiger partial charge in [0, 0.05) is 13.1 Å². The smallest absolute Gasteiger partial charge is 0.119 e. The first-order valence-electron chi connectivity index (χ1n) is 7.74. The van der Waals surface area contributed by atoms with Gasteiger partial charge in [-0.2, -0.15) is 0 Å². The maximum absolute atomic E-state index is 5.75. The van der Waals surface area contributed by atoms with E-state index in [0.717, 1.165) is 31.9 Å². The summed E-state index contributed by atoms with van der Waals surface area (Å²) in [6.45, 7) is 11.6. The Kier molecular flexibility index (Phi) is 8.57. The highest BCUT2D eigenvalue weighted by molar-refractivity contribution is 5.27. The topological polar surface area (TPSA) is 24.5 Å². The molecule has 1 N–H and O–H groups in total. The van der Waals surface area contributed by atoms with Crippen molar-refractivity contribution in [2.75, 3.05) is 32.8 Å². The molecule has 0 heterocycles. The second-order valence-corrected chi connectivity index (χ2v) is 5.59. The number of rotatable bonds is 10. The Morgan fingerprint density at radius 1 is 1.29 bits per heavy atom. The van der Waals surface area contributed by atoms with E-state index in [9.17, 15) is 0 Å². The predicted molar refractivity (Wildman–Crippen MR) is 89.4 cm³/mol. The zero-order valence-corrected chi connectivity index (χ0v) is 13.6. The summed E-state index contributed by atoms with van der Waals surface area (Å²) in [6.07, 6.45) is 5.32. The molecule has 116 valence electrons. The molecule has 0 bridgehead atoms. The van der Waals surface area contributed by atoms with Crippen LogP contribution in [0.5, 0.6) is 5.75 Å². The van der Waals surface area contributed by atoms with Crippen LogP contribution in [0.2, 0.25) is 0 Å². The highest BCUT2D eigenvalue weighted by Crippen LogP contribution is 2.12. The Morgan fingerprint density at radius 2 is 2.00 bits per heavy atom. The molecule has 21 heavy (non-hydrogen) atoms. The largest absolute Gasteiger partial charge is 0.492 e. The number of ether oxygens (including phenoxy) is 1. The van der Waals surface area contributed by atoms with E-state index in [1.165, 1.54) is 5.56 Å². The molecule has 0 radical (unpaired) electrons. The summed E-state index contributed by atoms with van der Waals surface area (Å²) >= 11 is 0. The molecule has 0 fully saturated rings. The Labute approximate surface area is 129 Å². The zero-order chi connectivity index (χ0) is 15.5. The van der Waals surface area contributed by atoms with E-state index >= 15 is 0 Å². The third kappa shape index (κ3) is 7.75. The molecule has 3 heteroatoms. The number of hydrogen-bond donors (Lipinski definition) is 1. The van der Waals surface area contributed by atoms with Crippen LogP contribution in [0, 0.1) is 18.3 Å². The molecule has 0 atom stereocenters. The predicted octanol–water partition coefficient (Wildman–Crippen LogP) is 2.77. The number of benzene rings is 1. The monoisotopic (exact) mass is 288 g/mol. The molecule has 0 aliphatic heterocycles. The first-order chi connectivity index (χ1) is 10.2. The third-order valence-electron chi connectivity index (χ3n) is 3.24. The van der Waals surface area contributed by atoms with E-state index in [2.05, 4.69) is 49.0 Å². The second-order valence-electron chi connectivity index (χ2n) is 5.59. The highest BCUT2D eigenvalue weighted by atomic mass is 16.5. The van der Waals surface area contributed by atoms with Gasteiger partial charge in [0.05, 0.1) is 6.54 Å². The molecule has 1 aromatic carbocycles. The van der Waals surface area contributed by atoms with E-state index in [4.69, 9.17) is 11.2 Å². The average molecular weight is 288 g/mol. The van der Waals surface area contributed by atoms with Crippen molar-refractivity contribution in [3.63, 3.8) is 0 Å². The molecule has 0 aliphatic rings. The number of terminal acetylenes is 1. The van der Waals surface area contributed by atoms with E-state index < -0.39 is 0 Å². The molecule has 0 amide bonds. The van der Waals surface area contributed by atoms with Gasteiger partial charge in [-0.3, -0.25) is 4.90 Å². The molecule has 0 saturated carbocycles. The quantitative estimate of drug-likeness (QED) is 0.670. The summed E-state index contributed by atoms with van der Waals surface area (Å²) in [4.78, 5) is 2.18. The first kappa shape index (κ1) is 17.6.